The van der Waals surface area contributed by atoms with E-state index in [4.69, 9.17) is 16.7 Å². The number of halogens is 1. The number of aliphatic hydroxyl groups excluding tert-OH is 1. The molecule has 2 rings (SSSR count). The lowest BCUT2D eigenvalue weighted by molar-refractivity contribution is -0.116. The number of rotatable bonds is 4. The zero-order valence-corrected chi connectivity index (χ0v) is 10.4. The molecule has 0 aliphatic rings. The van der Waals surface area contributed by atoms with Gasteiger partial charge in [0.2, 0.25) is 5.91 Å². The highest BCUT2D eigenvalue weighted by molar-refractivity contribution is 6.32. The first-order chi connectivity index (χ1) is 8.70. The van der Waals surface area contributed by atoms with E-state index in [1.54, 1.807) is 24.5 Å². The van der Waals surface area contributed by atoms with Gasteiger partial charge in [0.05, 0.1) is 5.69 Å². The predicted molar refractivity (Wildman–Crippen MR) is 71.7 cm³/mol. The van der Waals surface area contributed by atoms with E-state index >= 15 is 0 Å². The Morgan fingerprint density at radius 3 is 3.06 bits per heavy atom. The van der Waals surface area contributed by atoms with Crippen LogP contribution in [0.5, 0.6) is 0 Å². The number of aromatic nitrogens is 1. The van der Waals surface area contributed by atoms with E-state index in [0.717, 1.165) is 10.8 Å². The van der Waals surface area contributed by atoms with Gasteiger partial charge < -0.3 is 10.4 Å². The Hall–Kier alpha value is -1.65. The molecule has 0 saturated heterocycles. The minimum Gasteiger partial charge on any atom is -0.396 e. The van der Waals surface area contributed by atoms with E-state index in [0.29, 0.717) is 17.1 Å². The maximum atomic E-state index is 11.6. The molecule has 0 fully saturated rings. The van der Waals surface area contributed by atoms with Crippen LogP contribution < -0.4 is 5.32 Å². The molecule has 0 atom stereocenters. The third-order valence-corrected chi connectivity index (χ3v) is 2.77. The molecule has 1 aromatic heterocycles. The molecule has 1 amide bonds. The summed E-state index contributed by atoms with van der Waals surface area (Å²) in [7, 11) is 0. The van der Waals surface area contributed by atoms with Crippen LogP contribution in [0, 0.1) is 0 Å². The van der Waals surface area contributed by atoms with Crippen LogP contribution in [0.1, 0.15) is 12.8 Å². The molecule has 0 saturated carbocycles. The predicted octanol–water partition coefficient (Wildman–Crippen LogP) is 2.60. The number of anilines is 1. The highest BCUT2D eigenvalue weighted by Gasteiger charge is 2.07. The van der Waals surface area contributed by atoms with Crippen molar-refractivity contribution in [2.75, 3.05) is 11.9 Å². The van der Waals surface area contributed by atoms with Crippen LogP contribution in [0.4, 0.5) is 5.69 Å². The van der Waals surface area contributed by atoms with Crippen molar-refractivity contribution < 1.29 is 9.90 Å². The Morgan fingerprint density at radius 1 is 1.44 bits per heavy atom. The Bertz CT molecular complexity index is 572. The summed E-state index contributed by atoms with van der Waals surface area (Å²) < 4.78 is 0. The highest BCUT2D eigenvalue weighted by atomic mass is 35.5. The SMILES string of the molecule is O=C(CCCO)Nc1cc(Cl)cc2cnccc12. The molecule has 18 heavy (non-hydrogen) atoms. The fourth-order valence-corrected chi connectivity index (χ4v) is 1.96. The molecular formula is C13H13ClN2O2. The number of hydrogen-bond donors (Lipinski definition) is 2. The van der Waals surface area contributed by atoms with Crippen molar-refractivity contribution in [1.29, 1.82) is 0 Å². The number of nitrogens with one attached hydrogen (secondary N) is 1. The highest BCUT2D eigenvalue weighted by Crippen LogP contribution is 2.27. The maximum absolute atomic E-state index is 11.6. The Labute approximate surface area is 110 Å². The van der Waals surface area contributed by atoms with Crippen molar-refractivity contribution in [2.45, 2.75) is 12.8 Å². The molecule has 1 aromatic carbocycles. The van der Waals surface area contributed by atoms with Crippen molar-refractivity contribution in [2.24, 2.45) is 0 Å². The topological polar surface area (TPSA) is 62.2 Å². The monoisotopic (exact) mass is 264 g/mol. The summed E-state index contributed by atoms with van der Waals surface area (Å²) in [5, 5.41) is 13.8. The van der Waals surface area contributed by atoms with Gasteiger partial charge in [-0.2, -0.15) is 0 Å². The van der Waals surface area contributed by atoms with Gasteiger partial charge in [0.25, 0.3) is 0 Å². The van der Waals surface area contributed by atoms with Gasteiger partial charge in [0, 0.05) is 41.2 Å². The molecule has 5 heteroatoms. The molecule has 0 aliphatic carbocycles. The van der Waals surface area contributed by atoms with Gasteiger partial charge in [-0.05, 0) is 24.6 Å². The van der Waals surface area contributed by atoms with Crippen molar-refractivity contribution in [3.05, 3.63) is 35.6 Å². The van der Waals surface area contributed by atoms with Crippen molar-refractivity contribution >= 4 is 34.0 Å². The quantitative estimate of drug-likeness (QED) is 0.892. The number of hydrogen-bond acceptors (Lipinski definition) is 3. The second-order valence-electron chi connectivity index (χ2n) is 3.93. The van der Waals surface area contributed by atoms with Crippen LogP contribution in [0.2, 0.25) is 5.02 Å². The van der Waals surface area contributed by atoms with E-state index in [1.165, 1.54) is 0 Å². The smallest absolute Gasteiger partial charge is 0.224 e. The normalized spacial score (nSPS) is 10.6. The average molecular weight is 265 g/mol. The second kappa shape index (κ2) is 5.80. The summed E-state index contributed by atoms with van der Waals surface area (Å²) in [6.45, 7) is 0.00757. The Balaban J connectivity index is 2.29. The van der Waals surface area contributed by atoms with Gasteiger partial charge in [-0.3, -0.25) is 9.78 Å². The molecule has 0 bridgehead atoms. The number of pyridine rings is 1. The lowest BCUT2D eigenvalue weighted by Crippen LogP contribution is -2.12. The van der Waals surface area contributed by atoms with E-state index in [-0.39, 0.29) is 18.9 Å². The molecule has 0 spiro atoms. The fourth-order valence-electron chi connectivity index (χ4n) is 1.73. The van der Waals surface area contributed by atoms with Crippen LogP contribution in [-0.4, -0.2) is 22.6 Å². The lowest BCUT2D eigenvalue weighted by atomic mass is 10.1. The molecule has 0 aliphatic heterocycles. The number of benzene rings is 1. The average Bonchev–Trinajstić information content (AvgIpc) is 2.36. The van der Waals surface area contributed by atoms with Crippen LogP contribution in [0.25, 0.3) is 10.8 Å². The van der Waals surface area contributed by atoms with E-state index in [2.05, 4.69) is 10.3 Å². The number of aliphatic hydroxyl groups is 1. The molecule has 1 heterocycles. The fraction of sp³-hybridized carbons (Fsp3) is 0.231. The van der Waals surface area contributed by atoms with Gasteiger partial charge in [0.15, 0.2) is 0 Å². The third kappa shape index (κ3) is 2.97. The first-order valence-corrected chi connectivity index (χ1v) is 6.02. The van der Waals surface area contributed by atoms with Crippen LogP contribution in [-0.2, 0) is 4.79 Å². The molecule has 2 aromatic rings. The summed E-state index contributed by atoms with van der Waals surface area (Å²) >= 11 is 5.99. The van der Waals surface area contributed by atoms with Crippen LogP contribution >= 0.6 is 11.6 Å². The Morgan fingerprint density at radius 2 is 2.28 bits per heavy atom. The van der Waals surface area contributed by atoms with Gasteiger partial charge in [0.1, 0.15) is 0 Å². The summed E-state index contributed by atoms with van der Waals surface area (Å²) in [5.41, 5.74) is 0.669. The van der Waals surface area contributed by atoms with Crippen LogP contribution in [0.3, 0.4) is 0 Å². The van der Waals surface area contributed by atoms with Gasteiger partial charge in [-0.15, -0.1) is 0 Å². The summed E-state index contributed by atoms with van der Waals surface area (Å²) in [5.74, 6) is -0.135. The standard InChI is InChI=1S/C13H13ClN2O2/c14-10-6-9-8-15-4-3-11(9)12(7-10)16-13(18)2-1-5-17/h3-4,6-8,17H,1-2,5H2,(H,16,18). The maximum Gasteiger partial charge on any atom is 0.224 e. The summed E-state index contributed by atoms with van der Waals surface area (Å²) in [4.78, 5) is 15.7. The summed E-state index contributed by atoms with van der Waals surface area (Å²) in [6.07, 6.45) is 4.10. The van der Waals surface area contributed by atoms with Crippen molar-refractivity contribution in [1.82, 2.24) is 4.98 Å². The first kappa shape index (κ1) is 12.8. The van der Waals surface area contributed by atoms with Crippen LogP contribution in [0.15, 0.2) is 30.6 Å². The Kier molecular flexibility index (Phi) is 4.12. The first-order valence-electron chi connectivity index (χ1n) is 5.64. The van der Waals surface area contributed by atoms with E-state index in [9.17, 15) is 4.79 Å². The number of fused-ring (bicyclic) bond motifs is 1. The molecule has 94 valence electrons. The zero-order chi connectivity index (χ0) is 13.0. The van der Waals surface area contributed by atoms with Gasteiger partial charge >= 0.3 is 0 Å². The minimum atomic E-state index is -0.135. The van der Waals surface area contributed by atoms with Crippen molar-refractivity contribution in [3.63, 3.8) is 0 Å². The zero-order valence-electron chi connectivity index (χ0n) is 9.69. The molecule has 0 radical (unpaired) electrons. The van der Waals surface area contributed by atoms with E-state index in [1.807, 2.05) is 6.07 Å². The molecule has 0 unspecified atom stereocenters. The molecule has 4 nitrogen and oxygen atoms in total. The minimum absolute atomic E-state index is 0.00757. The largest absolute Gasteiger partial charge is 0.396 e. The van der Waals surface area contributed by atoms with Gasteiger partial charge in [-0.25, -0.2) is 0 Å². The number of amides is 1. The third-order valence-electron chi connectivity index (χ3n) is 2.55. The van der Waals surface area contributed by atoms with Crippen molar-refractivity contribution in [3.8, 4) is 0 Å². The van der Waals surface area contributed by atoms with E-state index < -0.39 is 0 Å². The lowest BCUT2D eigenvalue weighted by Gasteiger charge is -2.09. The second-order valence-corrected chi connectivity index (χ2v) is 4.36. The summed E-state index contributed by atoms with van der Waals surface area (Å²) in [6, 6.07) is 5.33. The number of carbonyl (C=O) groups is 1. The molecule has 2 N–H and O–H groups in total. The molecular weight excluding hydrogens is 252 g/mol. The number of carbonyl (C=O) groups excluding carboxylic acids is 1. The number of nitrogens with zero attached hydrogens (tertiary/aromatic N) is 1. The van der Waals surface area contributed by atoms with Gasteiger partial charge in [-0.1, -0.05) is 11.6 Å².